The second-order valence-electron chi connectivity index (χ2n) is 6.32. The highest BCUT2D eigenvalue weighted by atomic mass is 16.5. The van der Waals surface area contributed by atoms with Crippen LogP contribution in [-0.2, 0) is 13.0 Å². The predicted molar refractivity (Wildman–Crippen MR) is 111 cm³/mol. The highest BCUT2D eigenvalue weighted by Crippen LogP contribution is 2.27. The summed E-state index contributed by atoms with van der Waals surface area (Å²) < 4.78 is 10.5. The second-order valence-corrected chi connectivity index (χ2v) is 6.32. The molecule has 3 rings (SSSR count). The summed E-state index contributed by atoms with van der Waals surface area (Å²) in [6.45, 7) is 1.08. The third-order valence-electron chi connectivity index (χ3n) is 4.35. The fraction of sp³-hybridized carbons (Fsp3) is 0.227. The van der Waals surface area contributed by atoms with Crippen molar-refractivity contribution in [2.45, 2.75) is 13.0 Å². The zero-order valence-electron chi connectivity index (χ0n) is 16.5. The van der Waals surface area contributed by atoms with Gasteiger partial charge in [-0.25, -0.2) is 9.97 Å². The summed E-state index contributed by atoms with van der Waals surface area (Å²) in [4.78, 5) is 20.8. The van der Waals surface area contributed by atoms with Crippen molar-refractivity contribution in [3.05, 3.63) is 77.7 Å². The summed E-state index contributed by atoms with van der Waals surface area (Å²) in [5.41, 5.74) is 2.40. The molecule has 2 N–H and O–H groups in total. The number of anilines is 1. The van der Waals surface area contributed by atoms with Gasteiger partial charge >= 0.3 is 0 Å². The molecule has 1 amide bonds. The van der Waals surface area contributed by atoms with E-state index in [1.165, 1.54) is 11.8 Å². The molecule has 0 aliphatic carbocycles. The van der Waals surface area contributed by atoms with E-state index in [1.54, 1.807) is 26.5 Å². The van der Waals surface area contributed by atoms with Gasteiger partial charge in [-0.3, -0.25) is 4.79 Å². The van der Waals surface area contributed by atoms with Gasteiger partial charge in [0.2, 0.25) is 0 Å². The molecule has 0 spiro atoms. The second kappa shape index (κ2) is 10.1. The first kappa shape index (κ1) is 20.1. The molecule has 0 radical (unpaired) electrons. The van der Waals surface area contributed by atoms with Crippen LogP contribution in [-0.4, -0.2) is 36.6 Å². The molecule has 0 saturated carbocycles. The first-order valence-corrected chi connectivity index (χ1v) is 9.28. The largest absolute Gasteiger partial charge is 0.493 e. The van der Waals surface area contributed by atoms with E-state index in [9.17, 15) is 4.79 Å². The highest BCUT2D eigenvalue weighted by Gasteiger charge is 2.09. The maximum atomic E-state index is 12.3. The number of aromatic nitrogens is 2. The number of hydrogen-bond donors (Lipinski definition) is 2. The van der Waals surface area contributed by atoms with Crippen molar-refractivity contribution in [3.63, 3.8) is 0 Å². The Bertz CT molecular complexity index is 931. The standard InChI is InChI=1S/C22H24N4O3/c1-28-19-9-8-17(12-20(19)29-2)13-26-22(27)18-14-25-21(15-24-18)23-11-10-16-6-4-3-5-7-16/h3-9,12,14-15H,10-11,13H2,1-2H3,(H,23,25)(H,26,27). The Hall–Kier alpha value is -3.61. The Labute approximate surface area is 170 Å². The van der Waals surface area contributed by atoms with Crippen molar-refractivity contribution in [2.75, 3.05) is 26.1 Å². The molecule has 29 heavy (non-hydrogen) atoms. The number of carbonyl (C=O) groups excluding carboxylic acids is 1. The van der Waals surface area contributed by atoms with Crippen LogP contribution in [0, 0.1) is 0 Å². The monoisotopic (exact) mass is 392 g/mol. The van der Waals surface area contributed by atoms with Gasteiger partial charge in [-0.2, -0.15) is 0 Å². The summed E-state index contributed by atoms with van der Waals surface area (Å²) in [6, 6.07) is 15.7. The van der Waals surface area contributed by atoms with Gasteiger partial charge in [-0.1, -0.05) is 36.4 Å². The number of nitrogens with one attached hydrogen (secondary N) is 2. The molecule has 1 aromatic heterocycles. The molecule has 0 aliphatic rings. The van der Waals surface area contributed by atoms with E-state index in [0.717, 1.165) is 18.5 Å². The normalized spacial score (nSPS) is 10.3. The van der Waals surface area contributed by atoms with Gasteiger partial charge in [0, 0.05) is 13.1 Å². The van der Waals surface area contributed by atoms with E-state index in [0.29, 0.717) is 23.9 Å². The van der Waals surface area contributed by atoms with Gasteiger partial charge in [0.25, 0.3) is 5.91 Å². The van der Waals surface area contributed by atoms with Crippen molar-refractivity contribution in [1.29, 1.82) is 0 Å². The van der Waals surface area contributed by atoms with E-state index >= 15 is 0 Å². The van der Waals surface area contributed by atoms with Crippen LogP contribution in [0.3, 0.4) is 0 Å². The molecule has 0 saturated heterocycles. The number of carbonyl (C=O) groups is 1. The van der Waals surface area contributed by atoms with Gasteiger partial charge in [-0.05, 0) is 29.7 Å². The third-order valence-corrected chi connectivity index (χ3v) is 4.35. The molecule has 0 fully saturated rings. The zero-order chi connectivity index (χ0) is 20.5. The smallest absolute Gasteiger partial charge is 0.271 e. The topological polar surface area (TPSA) is 85.4 Å². The van der Waals surface area contributed by atoms with Crippen LogP contribution in [0.2, 0.25) is 0 Å². The van der Waals surface area contributed by atoms with E-state index < -0.39 is 0 Å². The number of rotatable bonds is 9. The molecule has 7 heteroatoms. The average molecular weight is 392 g/mol. The zero-order valence-corrected chi connectivity index (χ0v) is 16.5. The number of methoxy groups -OCH3 is 2. The van der Waals surface area contributed by atoms with Gasteiger partial charge in [0.15, 0.2) is 11.5 Å². The minimum Gasteiger partial charge on any atom is -0.493 e. The molecule has 0 unspecified atom stereocenters. The number of benzene rings is 2. The molecule has 7 nitrogen and oxygen atoms in total. The van der Waals surface area contributed by atoms with Crippen LogP contribution in [0.15, 0.2) is 60.9 Å². The molecule has 150 valence electrons. The SMILES string of the molecule is COc1ccc(CNC(=O)c2cnc(NCCc3ccccc3)cn2)cc1OC. The van der Waals surface area contributed by atoms with Crippen molar-refractivity contribution in [2.24, 2.45) is 0 Å². The molecule has 0 bridgehead atoms. The van der Waals surface area contributed by atoms with Crippen LogP contribution in [0.4, 0.5) is 5.82 Å². The van der Waals surface area contributed by atoms with Crippen molar-refractivity contribution in [3.8, 4) is 11.5 Å². The molecule has 0 aliphatic heterocycles. The van der Waals surface area contributed by atoms with E-state index in [-0.39, 0.29) is 11.6 Å². The summed E-state index contributed by atoms with van der Waals surface area (Å²) in [5, 5.41) is 6.04. The van der Waals surface area contributed by atoms with E-state index in [4.69, 9.17) is 9.47 Å². The lowest BCUT2D eigenvalue weighted by Gasteiger charge is -2.10. The molecule has 0 atom stereocenters. The Balaban J connectivity index is 1.50. The van der Waals surface area contributed by atoms with Crippen molar-refractivity contribution in [1.82, 2.24) is 15.3 Å². The third kappa shape index (κ3) is 5.68. The summed E-state index contributed by atoms with van der Waals surface area (Å²) >= 11 is 0. The molecular weight excluding hydrogens is 368 g/mol. The fourth-order valence-corrected chi connectivity index (χ4v) is 2.78. The highest BCUT2D eigenvalue weighted by molar-refractivity contribution is 5.91. The van der Waals surface area contributed by atoms with Gasteiger partial charge in [-0.15, -0.1) is 0 Å². The first-order valence-electron chi connectivity index (χ1n) is 9.28. The Morgan fingerprint density at radius 1 is 0.931 bits per heavy atom. The summed E-state index contributed by atoms with van der Waals surface area (Å²) in [6.07, 6.45) is 3.92. The number of nitrogens with zero attached hydrogens (tertiary/aromatic N) is 2. The quantitative estimate of drug-likeness (QED) is 0.582. The summed E-state index contributed by atoms with van der Waals surface area (Å²) in [5.74, 6) is 1.61. The van der Waals surface area contributed by atoms with Gasteiger partial charge < -0.3 is 20.1 Å². The van der Waals surface area contributed by atoms with E-state index in [2.05, 4.69) is 32.7 Å². The maximum Gasteiger partial charge on any atom is 0.271 e. The van der Waals surface area contributed by atoms with Crippen molar-refractivity contribution < 1.29 is 14.3 Å². The molecule has 3 aromatic rings. The number of hydrogen-bond acceptors (Lipinski definition) is 6. The first-order chi connectivity index (χ1) is 14.2. The Morgan fingerprint density at radius 2 is 1.72 bits per heavy atom. The lowest BCUT2D eigenvalue weighted by Crippen LogP contribution is -2.24. The molecule has 1 heterocycles. The van der Waals surface area contributed by atoms with Crippen molar-refractivity contribution >= 4 is 11.7 Å². The lowest BCUT2D eigenvalue weighted by molar-refractivity contribution is 0.0945. The van der Waals surface area contributed by atoms with Crippen LogP contribution >= 0.6 is 0 Å². The molecule has 2 aromatic carbocycles. The Morgan fingerprint density at radius 3 is 2.41 bits per heavy atom. The van der Waals surface area contributed by atoms with Crippen LogP contribution in [0.25, 0.3) is 0 Å². The summed E-state index contributed by atoms with van der Waals surface area (Å²) in [7, 11) is 3.16. The van der Waals surface area contributed by atoms with Crippen LogP contribution in [0.1, 0.15) is 21.6 Å². The van der Waals surface area contributed by atoms with Crippen LogP contribution < -0.4 is 20.1 Å². The molecular formula is C22H24N4O3. The Kier molecular flexibility index (Phi) is 7.00. The predicted octanol–water partition coefficient (Wildman–Crippen LogP) is 3.08. The average Bonchev–Trinajstić information content (AvgIpc) is 2.78. The fourth-order valence-electron chi connectivity index (χ4n) is 2.78. The van der Waals surface area contributed by atoms with Crippen LogP contribution in [0.5, 0.6) is 11.5 Å². The van der Waals surface area contributed by atoms with Gasteiger partial charge in [0.05, 0.1) is 26.6 Å². The van der Waals surface area contributed by atoms with Gasteiger partial charge in [0.1, 0.15) is 11.5 Å². The maximum absolute atomic E-state index is 12.3. The number of ether oxygens (including phenoxy) is 2. The van der Waals surface area contributed by atoms with E-state index in [1.807, 2.05) is 30.3 Å². The minimum absolute atomic E-state index is 0.263. The number of amides is 1. The lowest BCUT2D eigenvalue weighted by atomic mass is 10.1. The minimum atomic E-state index is -0.289.